The van der Waals surface area contributed by atoms with E-state index in [1.807, 2.05) is 13.0 Å². The van der Waals surface area contributed by atoms with Gasteiger partial charge in [0.05, 0.1) is 17.8 Å². The Hall–Kier alpha value is -3.65. The number of halogens is 1. The monoisotopic (exact) mass is 503 g/mol. The van der Waals surface area contributed by atoms with Crippen LogP contribution in [0.5, 0.6) is 5.75 Å². The molecule has 4 atom stereocenters. The molecule has 10 nitrogen and oxygen atoms in total. The number of anilines is 1. The number of phenolic OH excluding ortho intramolecular Hbond substituents is 1. The summed E-state index contributed by atoms with van der Waals surface area (Å²) in [6, 6.07) is 6.86. The number of hydrogen-bond acceptors (Lipinski definition) is 9. The molecule has 3 aromatic rings. The van der Waals surface area contributed by atoms with Crippen LogP contribution in [-0.2, 0) is 7.05 Å². The van der Waals surface area contributed by atoms with Gasteiger partial charge in [0.2, 0.25) is 5.82 Å². The van der Waals surface area contributed by atoms with Crippen LogP contribution in [0.4, 0.5) is 10.2 Å². The minimum atomic E-state index is -1.03. The Balaban J connectivity index is 1.28. The van der Waals surface area contributed by atoms with Crippen molar-refractivity contribution in [1.82, 2.24) is 35.3 Å². The van der Waals surface area contributed by atoms with Gasteiger partial charge in [-0.15, -0.1) is 10.2 Å². The number of aryl methyl sites for hydroxylation is 1. The normalized spacial score (nSPS) is 29.1. The van der Waals surface area contributed by atoms with E-state index in [0.29, 0.717) is 29.2 Å². The summed E-state index contributed by atoms with van der Waals surface area (Å²) in [6.07, 6.45) is 6.22. The molecule has 0 amide bonds. The first-order valence-corrected chi connectivity index (χ1v) is 12.8. The van der Waals surface area contributed by atoms with Gasteiger partial charge >= 0.3 is 0 Å². The van der Waals surface area contributed by atoms with E-state index in [4.69, 9.17) is 5.26 Å². The highest BCUT2D eigenvalue weighted by Crippen LogP contribution is 2.46. The zero-order valence-corrected chi connectivity index (χ0v) is 21.2. The Morgan fingerprint density at radius 3 is 2.68 bits per heavy atom. The Kier molecular flexibility index (Phi) is 5.42. The van der Waals surface area contributed by atoms with Crippen LogP contribution in [0.15, 0.2) is 24.4 Å². The molecule has 6 rings (SSSR count). The molecular formula is C26H30FN9O. The number of nitriles is 1. The summed E-state index contributed by atoms with van der Waals surface area (Å²) in [7, 11) is 1.64. The van der Waals surface area contributed by atoms with Gasteiger partial charge in [0.1, 0.15) is 18.0 Å². The summed E-state index contributed by atoms with van der Waals surface area (Å²) in [5.74, 6) is 1.31. The summed E-state index contributed by atoms with van der Waals surface area (Å²) in [4.78, 5) is 10.8. The average Bonchev–Trinajstić information content (AvgIpc) is 3.63. The molecular weight excluding hydrogens is 473 g/mol. The molecule has 2 aliphatic heterocycles. The van der Waals surface area contributed by atoms with E-state index in [9.17, 15) is 5.11 Å². The molecule has 2 N–H and O–H groups in total. The van der Waals surface area contributed by atoms with E-state index in [1.54, 1.807) is 25.4 Å². The fourth-order valence-corrected chi connectivity index (χ4v) is 6.20. The van der Waals surface area contributed by atoms with Gasteiger partial charge in [0.15, 0.2) is 17.5 Å². The van der Waals surface area contributed by atoms with E-state index in [1.165, 1.54) is 10.7 Å². The van der Waals surface area contributed by atoms with Crippen LogP contribution in [0.1, 0.15) is 58.2 Å². The second-order valence-electron chi connectivity index (χ2n) is 11.1. The molecule has 2 bridgehead atoms. The molecule has 37 heavy (non-hydrogen) atoms. The van der Waals surface area contributed by atoms with Crippen molar-refractivity contribution in [2.45, 2.75) is 81.7 Å². The molecule has 3 aliphatic rings. The van der Waals surface area contributed by atoms with E-state index in [2.05, 4.69) is 42.4 Å². The highest BCUT2D eigenvalue weighted by Gasteiger charge is 2.55. The average molecular weight is 504 g/mol. The molecule has 192 valence electrons. The summed E-state index contributed by atoms with van der Waals surface area (Å²) in [5, 5.41) is 36.4. The summed E-state index contributed by atoms with van der Waals surface area (Å²) in [5.41, 5.74) is 0.332. The standard InChI is InChI=1S/C26H30FN9O/c1-25-9-4-10-26(2,34-25)22(27)18(12-25)36(16-6-7-16)21-14-29-24(32-31-21)17-8-5-15(11-19(17)37)23-30-20(13-28)35(3)33-23/h5,8,11,14,16,18,22,34,37H,4,6-7,9-10,12H2,1-3H3/t18-,22-,25-,26+/m0/s1. The predicted molar refractivity (Wildman–Crippen MR) is 134 cm³/mol. The van der Waals surface area contributed by atoms with Gasteiger partial charge in [-0.2, -0.15) is 15.3 Å². The number of nitrogens with zero attached hydrogens (tertiary/aromatic N) is 8. The smallest absolute Gasteiger partial charge is 0.231 e. The number of rotatable bonds is 5. The largest absolute Gasteiger partial charge is 0.507 e. The van der Waals surface area contributed by atoms with Crippen LogP contribution in [-0.4, -0.2) is 64.4 Å². The van der Waals surface area contributed by atoms with Crippen LogP contribution >= 0.6 is 0 Å². The lowest BCUT2D eigenvalue weighted by Gasteiger charge is -2.57. The second kappa shape index (κ2) is 8.45. The van der Waals surface area contributed by atoms with Crippen molar-refractivity contribution in [3.8, 4) is 34.6 Å². The van der Waals surface area contributed by atoms with Gasteiger partial charge in [-0.3, -0.25) is 0 Å². The molecule has 3 fully saturated rings. The molecule has 0 radical (unpaired) electrons. The molecule has 11 heteroatoms. The third kappa shape index (κ3) is 4.09. The number of hydrogen-bond donors (Lipinski definition) is 2. The number of piperidine rings is 2. The first-order valence-electron chi connectivity index (χ1n) is 12.8. The van der Waals surface area contributed by atoms with Crippen LogP contribution in [0, 0.1) is 11.3 Å². The maximum absolute atomic E-state index is 16.0. The van der Waals surface area contributed by atoms with Gasteiger partial charge in [-0.25, -0.2) is 14.1 Å². The lowest BCUT2D eigenvalue weighted by atomic mass is 9.68. The van der Waals surface area contributed by atoms with Gasteiger partial charge in [0, 0.05) is 29.7 Å². The van der Waals surface area contributed by atoms with Crippen LogP contribution in [0.2, 0.25) is 0 Å². The van der Waals surface area contributed by atoms with E-state index >= 15 is 4.39 Å². The molecule has 2 saturated heterocycles. The lowest BCUT2D eigenvalue weighted by Crippen LogP contribution is -2.73. The zero-order chi connectivity index (χ0) is 25.9. The van der Waals surface area contributed by atoms with Gasteiger partial charge < -0.3 is 15.3 Å². The topological polar surface area (TPSA) is 129 Å². The van der Waals surface area contributed by atoms with Crippen molar-refractivity contribution in [3.05, 3.63) is 30.2 Å². The number of aromatic nitrogens is 6. The van der Waals surface area contributed by atoms with Gasteiger partial charge in [-0.1, -0.05) is 6.07 Å². The first-order chi connectivity index (χ1) is 17.7. The van der Waals surface area contributed by atoms with Crippen molar-refractivity contribution < 1.29 is 9.50 Å². The number of alkyl halides is 1. The Labute approximate surface area is 214 Å². The molecule has 1 saturated carbocycles. The Morgan fingerprint density at radius 2 is 2.03 bits per heavy atom. The molecule has 0 unspecified atom stereocenters. The number of nitrogens with one attached hydrogen (secondary N) is 1. The summed E-state index contributed by atoms with van der Waals surface area (Å²) in [6.45, 7) is 4.21. The van der Waals surface area contributed by atoms with Gasteiger partial charge in [-0.05, 0) is 64.5 Å². The number of aromatic hydroxyl groups is 1. The highest BCUT2D eigenvalue weighted by atomic mass is 19.1. The van der Waals surface area contributed by atoms with Crippen LogP contribution in [0.3, 0.4) is 0 Å². The molecule has 1 aromatic carbocycles. The SMILES string of the molecule is Cn1nc(-c2ccc(-c3ncc(N(C4CC4)[C@H]4C[C@]5(C)CCC[C@@](C)(N5)[C@H]4F)nn3)c(O)c2)nc1C#N. The maximum atomic E-state index is 16.0. The maximum Gasteiger partial charge on any atom is 0.231 e. The van der Waals surface area contributed by atoms with Crippen molar-refractivity contribution in [1.29, 1.82) is 5.26 Å². The van der Waals surface area contributed by atoms with Gasteiger partial charge in [0.25, 0.3) is 0 Å². The van der Waals surface area contributed by atoms with Crippen LogP contribution in [0.25, 0.3) is 22.8 Å². The predicted octanol–water partition coefficient (Wildman–Crippen LogP) is 3.28. The van der Waals surface area contributed by atoms with E-state index in [0.717, 1.165) is 32.1 Å². The minimum Gasteiger partial charge on any atom is -0.507 e. The Morgan fingerprint density at radius 1 is 1.22 bits per heavy atom. The fourth-order valence-electron chi connectivity index (χ4n) is 6.20. The van der Waals surface area contributed by atoms with E-state index < -0.39 is 11.7 Å². The third-order valence-electron chi connectivity index (χ3n) is 8.09. The highest BCUT2D eigenvalue weighted by molar-refractivity contribution is 5.70. The van der Waals surface area contributed by atoms with Crippen molar-refractivity contribution >= 4 is 5.82 Å². The molecule has 0 spiro atoms. The third-order valence-corrected chi connectivity index (χ3v) is 8.09. The number of benzene rings is 1. The lowest BCUT2D eigenvalue weighted by molar-refractivity contribution is 0.000258. The number of fused-ring (bicyclic) bond motifs is 2. The fraction of sp³-hybridized carbons (Fsp3) is 0.538. The molecule has 2 aromatic heterocycles. The van der Waals surface area contributed by atoms with Crippen molar-refractivity contribution in [3.63, 3.8) is 0 Å². The molecule has 1 aliphatic carbocycles. The second-order valence-corrected chi connectivity index (χ2v) is 11.1. The molecule has 4 heterocycles. The van der Waals surface area contributed by atoms with Crippen molar-refractivity contribution in [2.24, 2.45) is 7.05 Å². The quantitative estimate of drug-likeness (QED) is 0.539. The van der Waals surface area contributed by atoms with E-state index in [-0.39, 0.29) is 35.0 Å². The summed E-state index contributed by atoms with van der Waals surface area (Å²) < 4.78 is 17.4. The zero-order valence-electron chi connectivity index (χ0n) is 21.2. The Bertz CT molecular complexity index is 1380. The number of phenols is 1. The minimum absolute atomic E-state index is 0.0482. The summed E-state index contributed by atoms with van der Waals surface area (Å²) >= 11 is 0. The first kappa shape index (κ1) is 23.7. The van der Waals surface area contributed by atoms with Crippen molar-refractivity contribution in [2.75, 3.05) is 4.90 Å². The van der Waals surface area contributed by atoms with Crippen LogP contribution < -0.4 is 10.2 Å².